The maximum atomic E-state index is 13.0. The number of ether oxygens (including phenoxy) is 2. The first-order valence-corrected chi connectivity index (χ1v) is 11.8. The number of amides is 3. The second kappa shape index (κ2) is 10.2. The van der Waals surface area contributed by atoms with Crippen LogP contribution in [0.1, 0.15) is 44.6 Å². The van der Waals surface area contributed by atoms with Gasteiger partial charge >= 0.3 is 12.1 Å². The molecule has 4 rings (SSSR count). The third-order valence-corrected chi connectivity index (χ3v) is 5.82. The lowest BCUT2D eigenvalue weighted by molar-refractivity contribution is 0.0291. The molecular weight excluding hydrogens is 446 g/mol. The van der Waals surface area contributed by atoms with Gasteiger partial charge in [-0.2, -0.15) is 0 Å². The highest BCUT2D eigenvalue weighted by molar-refractivity contribution is 5.77. The highest BCUT2D eigenvalue weighted by atomic mass is 16.6. The molecule has 0 unspecified atom stereocenters. The van der Waals surface area contributed by atoms with Crippen LogP contribution in [0.3, 0.4) is 0 Å². The van der Waals surface area contributed by atoms with E-state index in [1.807, 2.05) is 69.3 Å². The molecule has 0 bridgehead atoms. The van der Waals surface area contributed by atoms with Crippen LogP contribution in [0.25, 0.3) is 11.0 Å². The van der Waals surface area contributed by atoms with Crippen LogP contribution in [0.4, 0.5) is 9.59 Å². The number of methoxy groups -OCH3 is 1. The topological polar surface area (TPSA) is 109 Å². The Morgan fingerprint density at radius 3 is 2.60 bits per heavy atom. The smallest absolute Gasteiger partial charge is 0.410 e. The van der Waals surface area contributed by atoms with Crippen LogP contribution in [0.15, 0.2) is 48.5 Å². The normalized spacial score (nSPS) is 16.7. The number of carbonyl (C=O) groups excluding carboxylic acids is 2. The summed E-state index contributed by atoms with van der Waals surface area (Å²) < 4.78 is 10.7. The molecule has 9 nitrogen and oxygen atoms in total. The number of hydrogen-bond acceptors (Lipinski definition) is 5. The average Bonchev–Trinajstić information content (AvgIpc) is 3.45. The fourth-order valence-corrected chi connectivity index (χ4v) is 4.11. The third kappa shape index (κ3) is 6.44. The molecule has 3 N–H and O–H groups in total. The fourth-order valence-electron chi connectivity index (χ4n) is 4.11. The van der Waals surface area contributed by atoms with Crippen LogP contribution in [0.2, 0.25) is 0 Å². The first-order valence-electron chi connectivity index (χ1n) is 11.8. The van der Waals surface area contributed by atoms with E-state index >= 15 is 0 Å². The molecular formula is C26H33N5O4. The summed E-state index contributed by atoms with van der Waals surface area (Å²) in [5.74, 6) is 1.45. The van der Waals surface area contributed by atoms with Crippen LogP contribution >= 0.6 is 0 Å². The minimum absolute atomic E-state index is 0.153. The fraction of sp³-hybridized carbons (Fsp3) is 0.423. The summed E-state index contributed by atoms with van der Waals surface area (Å²) >= 11 is 0. The summed E-state index contributed by atoms with van der Waals surface area (Å²) in [7, 11) is 1.63. The average molecular weight is 480 g/mol. The molecule has 3 aromatic rings. The van der Waals surface area contributed by atoms with Gasteiger partial charge in [0.2, 0.25) is 0 Å². The number of carbonyl (C=O) groups is 2. The second-order valence-electron chi connectivity index (χ2n) is 9.77. The van der Waals surface area contributed by atoms with E-state index in [0.29, 0.717) is 31.8 Å². The number of rotatable bonds is 6. The van der Waals surface area contributed by atoms with Gasteiger partial charge in [-0.05, 0) is 63.4 Å². The molecule has 1 fully saturated rings. The second-order valence-corrected chi connectivity index (χ2v) is 9.77. The van der Waals surface area contributed by atoms with Gasteiger partial charge in [-0.1, -0.05) is 24.3 Å². The summed E-state index contributed by atoms with van der Waals surface area (Å²) in [4.78, 5) is 35.0. The molecule has 2 heterocycles. The molecule has 2 atom stereocenters. The number of benzene rings is 2. The quantitative estimate of drug-likeness (QED) is 0.492. The van der Waals surface area contributed by atoms with Crippen molar-refractivity contribution in [2.75, 3.05) is 20.2 Å². The monoisotopic (exact) mass is 479 g/mol. The van der Waals surface area contributed by atoms with E-state index in [-0.39, 0.29) is 24.2 Å². The lowest BCUT2D eigenvalue weighted by Gasteiger charge is -2.24. The number of imidazole rings is 1. The Labute approximate surface area is 205 Å². The Morgan fingerprint density at radius 1 is 1.17 bits per heavy atom. The van der Waals surface area contributed by atoms with Gasteiger partial charge in [0.05, 0.1) is 24.2 Å². The molecule has 0 saturated carbocycles. The summed E-state index contributed by atoms with van der Waals surface area (Å²) in [6.07, 6.45) is 0.855. The zero-order valence-corrected chi connectivity index (χ0v) is 20.6. The molecule has 186 valence electrons. The summed E-state index contributed by atoms with van der Waals surface area (Å²) in [5.41, 5.74) is 2.23. The van der Waals surface area contributed by atoms with E-state index in [4.69, 9.17) is 14.5 Å². The van der Waals surface area contributed by atoms with Crippen LogP contribution in [0, 0.1) is 0 Å². The maximum absolute atomic E-state index is 13.0. The van der Waals surface area contributed by atoms with Gasteiger partial charge in [-0.3, -0.25) is 0 Å². The Kier molecular flexibility index (Phi) is 7.14. The van der Waals surface area contributed by atoms with Gasteiger partial charge in [-0.15, -0.1) is 0 Å². The number of hydrogen-bond donors (Lipinski definition) is 3. The maximum Gasteiger partial charge on any atom is 0.410 e. The summed E-state index contributed by atoms with van der Waals surface area (Å²) in [6.45, 7) is 6.47. The molecule has 1 saturated heterocycles. The molecule has 0 radical (unpaired) electrons. The van der Waals surface area contributed by atoms with Crippen LogP contribution in [-0.4, -0.2) is 58.8 Å². The third-order valence-electron chi connectivity index (χ3n) is 5.82. The van der Waals surface area contributed by atoms with Crippen molar-refractivity contribution >= 4 is 23.2 Å². The molecule has 3 amide bonds. The zero-order valence-electron chi connectivity index (χ0n) is 20.6. The molecule has 0 aliphatic carbocycles. The molecule has 0 spiro atoms. The number of likely N-dealkylation sites (tertiary alicyclic amines) is 1. The van der Waals surface area contributed by atoms with E-state index in [9.17, 15) is 9.59 Å². The van der Waals surface area contributed by atoms with Crippen molar-refractivity contribution < 1.29 is 19.1 Å². The number of nitrogens with zero attached hydrogens (tertiary/aromatic N) is 2. The number of nitrogens with one attached hydrogen (secondary N) is 3. The van der Waals surface area contributed by atoms with Crippen molar-refractivity contribution in [2.24, 2.45) is 0 Å². The van der Waals surface area contributed by atoms with Crippen molar-refractivity contribution in [2.45, 2.75) is 51.3 Å². The number of fused-ring (bicyclic) bond motifs is 1. The van der Waals surface area contributed by atoms with Crippen LogP contribution in [0.5, 0.6) is 5.75 Å². The van der Waals surface area contributed by atoms with Gasteiger partial charge in [0, 0.05) is 19.1 Å². The van der Waals surface area contributed by atoms with Crippen molar-refractivity contribution in [3.63, 3.8) is 0 Å². The summed E-state index contributed by atoms with van der Waals surface area (Å²) in [5, 5.41) is 6.07. The van der Waals surface area contributed by atoms with E-state index in [1.165, 1.54) is 0 Å². The molecule has 1 aliphatic heterocycles. The first kappa shape index (κ1) is 24.4. The van der Waals surface area contributed by atoms with Crippen molar-refractivity contribution in [3.8, 4) is 5.75 Å². The van der Waals surface area contributed by atoms with Gasteiger partial charge < -0.3 is 30.0 Å². The highest BCUT2D eigenvalue weighted by Gasteiger charge is 2.31. The Morgan fingerprint density at radius 2 is 1.91 bits per heavy atom. The molecule has 1 aromatic heterocycles. The molecule has 1 aliphatic rings. The minimum atomic E-state index is -0.554. The number of aromatic amines is 1. The van der Waals surface area contributed by atoms with Crippen molar-refractivity contribution in [1.82, 2.24) is 25.5 Å². The summed E-state index contributed by atoms with van der Waals surface area (Å²) in [6, 6.07) is 14.7. The first-order chi connectivity index (χ1) is 16.7. The Hall–Kier alpha value is -3.75. The SMILES string of the molecule is COc1ccc(C[C@@H](NC(=O)N[C@@H]2CCN(C(=O)OC(C)(C)C)C2)c2nc3ccccc3[nH]2)cc1. The predicted octanol–water partition coefficient (Wildman–Crippen LogP) is 4.16. The number of para-hydroxylation sites is 2. The number of H-pyrrole nitrogens is 1. The van der Waals surface area contributed by atoms with E-state index in [1.54, 1.807) is 12.0 Å². The van der Waals surface area contributed by atoms with Gasteiger partial charge in [0.25, 0.3) is 0 Å². The number of aromatic nitrogens is 2. The molecule has 35 heavy (non-hydrogen) atoms. The highest BCUT2D eigenvalue weighted by Crippen LogP contribution is 2.22. The van der Waals surface area contributed by atoms with E-state index < -0.39 is 5.60 Å². The van der Waals surface area contributed by atoms with Crippen molar-refractivity contribution in [1.29, 1.82) is 0 Å². The van der Waals surface area contributed by atoms with Gasteiger partial charge in [-0.25, -0.2) is 14.6 Å². The van der Waals surface area contributed by atoms with Gasteiger partial charge in [0.15, 0.2) is 0 Å². The molecule has 9 heteroatoms. The largest absolute Gasteiger partial charge is 0.497 e. The lowest BCUT2D eigenvalue weighted by Crippen LogP contribution is -2.46. The van der Waals surface area contributed by atoms with Gasteiger partial charge in [0.1, 0.15) is 17.2 Å². The lowest BCUT2D eigenvalue weighted by atomic mass is 10.1. The van der Waals surface area contributed by atoms with E-state index in [2.05, 4.69) is 15.6 Å². The Balaban J connectivity index is 1.43. The number of urea groups is 1. The minimum Gasteiger partial charge on any atom is -0.497 e. The Bertz CT molecular complexity index is 1140. The standard InChI is InChI=1S/C26H33N5O4/c1-26(2,3)35-25(33)31-14-13-18(16-31)27-24(32)30-22(15-17-9-11-19(34-4)12-10-17)23-28-20-7-5-6-8-21(20)29-23/h5-12,18,22H,13-16H2,1-4H3,(H,28,29)(H2,27,30,32)/t18-,22-/m1/s1. The van der Waals surface area contributed by atoms with E-state index in [0.717, 1.165) is 22.3 Å². The zero-order chi connectivity index (χ0) is 25.0. The van der Waals surface area contributed by atoms with Crippen molar-refractivity contribution in [3.05, 3.63) is 59.9 Å². The van der Waals surface area contributed by atoms with Crippen LogP contribution < -0.4 is 15.4 Å². The molecule has 2 aromatic carbocycles. The predicted molar refractivity (Wildman–Crippen MR) is 133 cm³/mol. The van der Waals surface area contributed by atoms with Crippen LogP contribution in [-0.2, 0) is 11.2 Å².